The van der Waals surface area contributed by atoms with Crippen molar-refractivity contribution in [3.8, 4) is 6.07 Å². The van der Waals surface area contributed by atoms with Crippen LogP contribution in [0.5, 0.6) is 0 Å². The molecule has 1 fully saturated rings. The van der Waals surface area contributed by atoms with Crippen LogP contribution in [-0.4, -0.2) is 23.9 Å². The molecule has 2 aromatic carbocycles. The molecule has 1 aliphatic rings. The third kappa shape index (κ3) is 3.59. The monoisotopic (exact) mass is 339 g/mol. The molecule has 0 aliphatic carbocycles. The number of hydrogen-bond donors (Lipinski definition) is 1. The van der Waals surface area contributed by atoms with Gasteiger partial charge in [-0.1, -0.05) is 41.9 Å². The highest BCUT2D eigenvalue weighted by molar-refractivity contribution is 6.31. The molecule has 1 amide bonds. The van der Waals surface area contributed by atoms with Crippen LogP contribution in [0, 0.1) is 11.3 Å². The number of nitriles is 1. The summed E-state index contributed by atoms with van der Waals surface area (Å²) in [5.41, 5.74) is 1.92. The number of likely N-dealkylation sites (tertiary alicyclic amines) is 1. The highest BCUT2D eigenvalue weighted by Gasteiger charge is 2.29. The Morgan fingerprint density at radius 1 is 1.17 bits per heavy atom. The first-order chi connectivity index (χ1) is 11.7. The predicted octanol–water partition coefficient (Wildman–Crippen LogP) is 3.99. The largest absolute Gasteiger partial charge is 0.324 e. The van der Waals surface area contributed by atoms with Crippen molar-refractivity contribution in [1.82, 2.24) is 4.90 Å². The Balaban J connectivity index is 1.85. The number of carbonyl (C=O) groups is 1. The fraction of sp³-hybridized carbons (Fsp3) is 0.263. The van der Waals surface area contributed by atoms with Crippen molar-refractivity contribution in [1.29, 1.82) is 5.26 Å². The highest BCUT2D eigenvalue weighted by atomic mass is 35.5. The molecule has 0 spiro atoms. The van der Waals surface area contributed by atoms with Crippen molar-refractivity contribution in [3.63, 3.8) is 0 Å². The standard InChI is InChI=1S/C19H18ClN3O/c20-17-9-8-16(12-15(17)13-21)22-19(24)18(23-10-4-5-11-23)14-6-2-1-3-7-14/h1-3,6-9,12,18H,4-5,10-11H2,(H,22,24). The SMILES string of the molecule is N#Cc1cc(NC(=O)C(c2ccccc2)N2CCCC2)ccc1Cl. The van der Waals surface area contributed by atoms with Gasteiger partial charge in [-0.25, -0.2) is 0 Å². The van der Waals surface area contributed by atoms with Crippen molar-refractivity contribution in [2.75, 3.05) is 18.4 Å². The first-order valence-electron chi connectivity index (χ1n) is 7.98. The van der Waals surface area contributed by atoms with E-state index in [1.54, 1.807) is 18.2 Å². The van der Waals surface area contributed by atoms with Crippen LogP contribution in [0.1, 0.15) is 30.0 Å². The molecule has 0 saturated carbocycles. The Hall–Kier alpha value is -2.35. The van der Waals surface area contributed by atoms with Gasteiger partial charge in [0.25, 0.3) is 0 Å². The average Bonchev–Trinajstić information content (AvgIpc) is 3.12. The molecule has 4 nitrogen and oxygen atoms in total. The smallest absolute Gasteiger partial charge is 0.246 e. The lowest BCUT2D eigenvalue weighted by atomic mass is 10.0. The number of carbonyl (C=O) groups excluding carboxylic acids is 1. The van der Waals surface area contributed by atoms with Crippen molar-refractivity contribution < 1.29 is 4.79 Å². The van der Waals surface area contributed by atoms with Gasteiger partial charge >= 0.3 is 0 Å². The molecule has 1 aliphatic heterocycles. The van der Waals surface area contributed by atoms with E-state index in [0.717, 1.165) is 31.5 Å². The van der Waals surface area contributed by atoms with Gasteiger partial charge in [-0.2, -0.15) is 5.26 Å². The van der Waals surface area contributed by atoms with E-state index in [0.29, 0.717) is 16.3 Å². The molecular formula is C19H18ClN3O. The first-order valence-corrected chi connectivity index (χ1v) is 8.36. The van der Waals surface area contributed by atoms with Crippen LogP contribution in [0.4, 0.5) is 5.69 Å². The summed E-state index contributed by atoms with van der Waals surface area (Å²) in [5.74, 6) is -0.0886. The Kier molecular flexibility index (Phi) is 5.14. The number of hydrogen-bond acceptors (Lipinski definition) is 3. The van der Waals surface area contributed by atoms with Gasteiger partial charge in [0.05, 0.1) is 10.6 Å². The Labute approximate surface area is 146 Å². The maximum Gasteiger partial charge on any atom is 0.246 e. The normalized spacial score (nSPS) is 15.7. The first kappa shape index (κ1) is 16.5. The van der Waals surface area contributed by atoms with Crippen LogP contribution in [0.2, 0.25) is 5.02 Å². The van der Waals surface area contributed by atoms with Crippen LogP contribution in [0.25, 0.3) is 0 Å². The maximum absolute atomic E-state index is 12.9. The molecule has 2 aromatic rings. The van der Waals surface area contributed by atoms with Gasteiger partial charge in [-0.05, 0) is 49.7 Å². The number of amides is 1. The minimum atomic E-state index is -0.324. The summed E-state index contributed by atoms with van der Waals surface area (Å²) in [6.07, 6.45) is 2.21. The van der Waals surface area contributed by atoms with Crippen molar-refractivity contribution in [3.05, 3.63) is 64.7 Å². The molecule has 3 rings (SSSR count). The number of nitrogens with one attached hydrogen (secondary N) is 1. The number of nitrogens with zero attached hydrogens (tertiary/aromatic N) is 2. The fourth-order valence-electron chi connectivity index (χ4n) is 3.06. The zero-order chi connectivity index (χ0) is 16.9. The van der Waals surface area contributed by atoms with Crippen molar-refractivity contribution >= 4 is 23.2 Å². The molecular weight excluding hydrogens is 322 g/mol. The summed E-state index contributed by atoms with van der Waals surface area (Å²) < 4.78 is 0. The number of anilines is 1. The molecule has 1 atom stereocenters. The Bertz CT molecular complexity index is 764. The van der Waals surface area contributed by atoms with Gasteiger partial charge in [0, 0.05) is 5.69 Å². The summed E-state index contributed by atoms with van der Waals surface area (Å²) in [7, 11) is 0. The van der Waals surface area contributed by atoms with E-state index in [-0.39, 0.29) is 11.9 Å². The second-order valence-electron chi connectivity index (χ2n) is 5.85. The zero-order valence-electron chi connectivity index (χ0n) is 13.2. The molecule has 0 radical (unpaired) electrons. The van der Waals surface area contributed by atoms with Crippen molar-refractivity contribution in [2.24, 2.45) is 0 Å². The van der Waals surface area contributed by atoms with Crippen LogP contribution >= 0.6 is 11.6 Å². The van der Waals surface area contributed by atoms with Crippen LogP contribution in [-0.2, 0) is 4.79 Å². The fourth-order valence-corrected chi connectivity index (χ4v) is 3.22. The third-order valence-corrected chi connectivity index (χ3v) is 4.55. The predicted molar refractivity (Wildman–Crippen MR) is 94.8 cm³/mol. The van der Waals surface area contributed by atoms with Gasteiger partial charge in [0.2, 0.25) is 5.91 Å². The lowest BCUT2D eigenvalue weighted by molar-refractivity contribution is -0.121. The molecule has 1 heterocycles. The third-order valence-electron chi connectivity index (χ3n) is 4.22. The summed E-state index contributed by atoms with van der Waals surface area (Å²) in [4.78, 5) is 15.1. The molecule has 1 N–H and O–H groups in total. The van der Waals surface area contributed by atoms with Crippen molar-refractivity contribution in [2.45, 2.75) is 18.9 Å². The quantitative estimate of drug-likeness (QED) is 0.916. The molecule has 24 heavy (non-hydrogen) atoms. The molecule has 1 saturated heterocycles. The van der Waals surface area contributed by atoms with Crippen LogP contribution in [0.15, 0.2) is 48.5 Å². The second kappa shape index (κ2) is 7.48. The molecule has 5 heteroatoms. The maximum atomic E-state index is 12.9. The average molecular weight is 340 g/mol. The van der Waals surface area contributed by atoms with E-state index < -0.39 is 0 Å². The van der Waals surface area contributed by atoms with Gasteiger partial charge < -0.3 is 5.32 Å². The summed E-state index contributed by atoms with van der Waals surface area (Å²) >= 11 is 5.95. The molecule has 122 valence electrons. The minimum absolute atomic E-state index is 0.0886. The lowest BCUT2D eigenvalue weighted by Crippen LogP contribution is -2.35. The van der Waals surface area contributed by atoms with Crippen LogP contribution < -0.4 is 5.32 Å². The second-order valence-corrected chi connectivity index (χ2v) is 6.26. The molecule has 0 aromatic heterocycles. The molecule has 0 bridgehead atoms. The summed E-state index contributed by atoms with van der Waals surface area (Å²) in [6.45, 7) is 1.83. The molecule has 1 unspecified atom stereocenters. The van der Waals surface area contributed by atoms with E-state index in [9.17, 15) is 4.79 Å². The van der Waals surface area contributed by atoms with Gasteiger partial charge in [0.1, 0.15) is 12.1 Å². The Morgan fingerprint density at radius 2 is 1.88 bits per heavy atom. The Morgan fingerprint density at radius 3 is 2.54 bits per heavy atom. The van der Waals surface area contributed by atoms with E-state index >= 15 is 0 Å². The van der Waals surface area contributed by atoms with E-state index in [1.165, 1.54) is 0 Å². The van der Waals surface area contributed by atoms with Crippen LogP contribution in [0.3, 0.4) is 0 Å². The summed E-state index contributed by atoms with van der Waals surface area (Å²) in [5, 5.41) is 12.4. The lowest BCUT2D eigenvalue weighted by Gasteiger charge is -2.27. The van der Waals surface area contributed by atoms with Gasteiger partial charge in [-0.3, -0.25) is 9.69 Å². The van der Waals surface area contributed by atoms with Gasteiger partial charge in [-0.15, -0.1) is 0 Å². The summed E-state index contributed by atoms with van der Waals surface area (Å²) in [6, 6.07) is 16.4. The topological polar surface area (TPSA) is 56.1 Å². The van der Waals surface area contributed by atoms with Gasteiger partial charge in [0.15, 0.2) is 0 Å². The number of benzene rings is 2. The zero-order valence-corrected chi connectivity index (χ0v) is 14.0. The van der Waals surface area contributed by atoms with E-state index in [4.69, 9.17) is 16.9 Å². The van der Waals surface area contributed by atoms with E-state index in [1.807, 2.05) is 36.4 Å². The number of rotatable bonds is 4. The minimum Gasteiger partial charge on any atom is -0.324 e. The van der Waals surface area contributed by atoms with E-state index in [2.05, 4.69) is 10.2 Å². The number of halogens is 1. The highest BCUT2D eigenvalue weighted by Crippen LogP contribution is 2.27.